The van der Waals surface area contributed by atoms with Crippen molar-refractivity contribution in [3.63, 3.8) is 0 Å². The van der Waals surface area contributed by atoms with E-state index in [2.05, 4.69) is 20.8 Å². The summed E-state index contributed by atoms with van der Waals surface area (Å²) in [5.41, 5.74) is 6.78. The number of nitrogens with zero attached hydrogens (tertiary/aromatic N) is 1. The maximum atomic E-state index is 12.9. The fourth-order valence-electron chi connectivity index (χ4n) is 1.69. The van der Waals surface area contributed by atoms with Crippen LogP contribution in [0, 0.1) is 5.82 Å². The van der Waals surface area contributed by atoms with Gasteiger partial charge in [-0.05, 0) is 38.6 Å². The van der Waals surface area contributed by atoms with Crippen molar-refractivity contribution >= 4 is 15.9 Å². The topological polar surface area (TPSA) is 29.3 Å². The predicted octanol–water partition coefficient (Wildman–Crippen LogP) is 2.76. The smallest absolute Gasteiger partial charge is 0.124 e. The Morgan fingerprint density at radius 2 is 2.06 bits per heavy atom. The maximum Gasteiger partial charge on any atom is 0.124 e. The van der Waals surface area contributed by atoms with Crippen LogP contribution in [0.4, 0.5) is 4.39 Å². The molecule has 0 spiro atoms. The van der Waals surface area contributed by atoms with Crippen LogP contribution in [-0.2, 0) is 6.54 Å². The number of hydrogen-bond donors (Lipinski definition) is 1. The summed E-state index contributed by atoms with van der Waals surface area (Å²) in [6.45, 7) is 5.52. The molecule has 0 saturated heterocycles. The van der Waals surface area contributed by atoms with Crippen molar-refractivity contribution in [2.45, 2.75) is 25.9 Å². The van der Waals surface area contributed by atoms with Gasteiger partial charge in [0.2, 0.25) is 0 Å². The first-order chi connectivity index (χ1) is 7.28. The fraction of sp³-hybridized carbons (Fsp3) is 0.500. The number of halogens is 2. The number of hydrogen-bond acceptors (Lipinski definition) is 2. The SMILES string of the molecule is CN(Cc1ccc(F)cc1Br)CC(C)(C)N. The van der Waals surface area contributed by atoms with E-state index in [1.807, 2.05) is 20.9 Å². The van der Waals surface area contributed by atoms with E-state index in [0.29, 0.717) is 0 Å². The van der Waals surface area contributed by atoms with Gasteiger partial charge in [-0.2, -0.15) is 0 Å². The number of likely N-dealkylation sites (N-methyl/N-ethyl adjacent to an activating group) is 1. The van der Waals surface area contributed by atoms with Gasteiger partial charge in [-0.3, -0.25) is 0 Å². The molecule has 0 aliphatic rings. The predicted molar refractivity (Wildman–Crippen MR) is 68.7 cm³/mol. The molecular formula is C12H18BrFN2. The molecule has 0 amide bonds. The van der Waals surface area contributed by atoms with Crippen LogP contribution in [0.5, 0.6) is 0 Å². The monoisotopic (exact) mass is 288 g/mol. The van der Waals surface area contributed by atoms with Crippen LogP contribution in [0.2, 0.25) is 0 Å². The lowest BCUT2D eigenvalue weighted by atomic mass is 10.1. The van der Waals surface area contributed by atoms with E-state index in [9.17, 15) is 4.39 Å². The van der Waals surface area contributed by atoms with Crippen LogP contribution >= 0.6 is 15.9 Å². The van der Waals surface area contributed by atoms with Crippen LogP contribution in [0.1, 0.15) is 19.4 Å². The molecule has 2 N–H and O–H groups in total. The van der Waals surface area contributed by atoms with Crippen LogP contribution in [0.3, 0.4) is 0 Å². The molecule has 90 valence electrons. The molecule has 2 nitrogen and oxygen atoms in total. The number of nitrogens with two attached hydrogens (primary N) is 1. The summed E-state index contributed by atoms with van der Waals surface area (Å²) in [5, 5.41) is 0. The minimum atomic E-state index is -0.225. The molecule has 0 saturated carbocycles. The van der Waals surface area contributed by atoms with E-state index in [1.165, 1.54) is 12.1 Å². The van der Waals surface area contributed by atoms with Crippen molar-refractivity contribution in [1.29, 1.82) is 0 Å². The van der Waals surface area contributed by atoms with Crippen molar-refractivity contribution in [3.8, 4) is 0 Å². The summed E-state index contributed by atoms with van der Waals surface area (Å²) in [5.74, 6) is -0.225. The lowest BCUT2D eigenvalue weighted by Crippen LogP contribution is -2.43. The van der Waals surface area contributed by atoms with Crippen molar-refractivity contribution in [1.82, 2.24) is 4.90 Å². The molecule has 0 unspecified atom stereocenters. The van der Waals surface area contributed by atoms with Gasteiger partial charge in [0.1, 0.15) is 5.82 Å². The van der Waals surface area contributed by atoms with Gasteiger partial charge in [0.05, 0.1) is 0 Å². The Kier molecular flexibility index (Phi) is 4.47. The average Bonchev–Trinajstić information content (AvgIpc) is 2.06. The Morgan fingerprint density at radius 1 is 1.44 bits per heavy atom. The molecule has 0 aliphatic heterocycles. The van der Waals surface area contributed by atoms with Gasteiger partial charge in [0, 0.05) is 23.1 Å². The minimum absolute atomic E-state index is 0.221. The van der Waals surface area contributed by atoms with E-state index < -0.39 is 0 Å². The second-order valence-corrected chi connectivity index (χ2v) is 5.75. The van der Waals surface area contributed by atoms with Gasteiger partial charge >= 0.3 is 0 Å². The molecule has 0 fully saturated rings. The highest BCUT2D eigenvalue weighted by Gasteiger charge is 2.14. The van der Waals surface area contributed by atoms with Crippen LogP contribution in [0.25, 0.3) is 0 Å². The Hall–Kier alpha value is -0.450. The summed E-state index contributed by atoms with van der Waals surface area (Å²) in [6, 6.07) is 4.75. The average molecular weight is 289 g/mol. The zero-order chi connectivity index (χ0) is 12.3. The molecule has 1 aromatic rings. The van der Waals surface area contributed by atoms with Crippen molar-refractivity contribution in [3.05, 3.63) is 34.1 Å². The van der Waals surface area contributed by atoms with Crippen molar-refractivity contribution < 1.29 is 4.39 Å². The molecule has 4 heteroatoms. The molecular weight excluding hydrogens is 271 g/mol. The summed E-state index contributed by atoms with van der Waals surface area (Å²) in [6.07, 6.45) is 0. The van der Waals surface area contributed by atoms with Gasteiger partial charge in [-0.1, -0.05) is 22.0 Å². The summed E-state index contributed by atoms with van der Waals surface area (Å²) in [4.78, 5) is 2.12. The van der Waals surface area contributed by atoms with Gasteiger partial charge in [0.25, 0.3) is 0 Å². The Morgan fingerprint density at radius 3 is 2.56 bits per heavy atom. The lowest BCUT2D eigenvalue weighted by Gasteiger charge is -2.26. The third-order valence-electron chi connectivity index (χ3n) is 2.13. The molecule has 1 aromatic carbocycles. The normalized spacial score (nSPS) is 12.2. The van der Waals surface area contributed by atoms with E-state index in [1.54, 1.807) is 6.07 Å². The molecule has 0 heterocycles. The minimum Gasteiger partial charge on any atom is -0.324 e. The quantitative estimate of drug-likeness (QED) is 0.923. The summed E-state index contributed by atoms with van der Waals surface area (Å²) in [7, 11) is 2.00. The van der Waals surface area contributed by atoms with Crippen LogP contribution in [-0.4, -0.2) is 24.0 Å². The maximum absolute atomic E-state index is 12.9. The fourth-order valence-corrected chi connectivity index (χ4v) is 2.17. The molecule has 0 atom stereocenters. The summed E-state index contributed by atoms with van der Waals surface area (Å²) >= 11 is 3.36. The standard InChI is InChI=1S/C12H18BrFN2/c1-12(2,15)8-16(3)7-9-4-5-10(14)6-11(9)13/h4-6H,7-8,15H2,1-3H3. The van der Waals surface area contributed by atoms with E-state index in [4.69, 9.17) is 5.73 Å². The second-order valence-electron chi connectivity index (χ2n) is 4.90. The molecule has 16 heavy (non-hydrogen) atoms. The highest BCUT2D eigenvalue weighted by Crippen LogP contribution is 2.19. The van der Waals surface area contributed by atoms with Gasteiger partial charge in [-0.15, -0.1) is 0 Å². The second kappa shape index (κ2) is 5.25. The van der Waals surface area contributed by atoms with Gasteiger partial charge < -0.3 is 10.6 Å². The molecule has 0 radical (unpaired) electrons. The molecule has 0 bridgehead atoms. The van der Waals surface area contributed by atoms with Crippen molar-refractivity contribution in [2.24, 2.45) is 5.73 Å². The molecule has 0 aliphatic carbocycles. The summed E-state index contributed by atoms with van der Waals surface area (Å²) < 4.78 is 13.7. The Bertz CT molecular complexity index is 361. The van der Waals surface area contributed by atoms with E-state index >= 15 is 0 Å². The Balaban J connectivity index is 2.66. The van der Waals surface area contributed by atoms with E-state index in [0.717, 1.165) is 23.1 Å². The van der Waals surface area contributed by atoms with Gasteiger partial charge in [-0.25, -0.2) is 4.39 Å². The number of rotatable bonds is 4. The van der Waals surface area contributed by atoms with Crippen molar-refractivity contribution in [2.75, 3.05) is 13.6 Å². The van der Waals surface area contributed by atoms with Crippen LogP contribution < -0.4 is 5.73 Å². The molecule has 1 rings (SSSR count). The third kappa shape index (κ3) is 4.60. The van der Waals surface area contributed by atoms with Gasteiger partial charge in [0.15, 0.2) is 0 Å². The van der Waals surface area contributed by atoms with Crippen LogP contribution in [0.15, 0.2) is 22.7 Å². The highest BCUT2D eigenvalue weighted by atomic mass is 79.9. The zero-order valence-corrected chi connectivity index (χ0v) is 11.5. The highest BCUT2D eigenvalue weighted by molar-refractivity contribution is 9.10. The Labute approximate surface area is 105 Å². The third-order valence-corrected chi connectivity index (χ3v) is 2.87. The first-order valence-electron chi connectivity index (χ1n) is 5.19. The first-order valence-corrected chi connectivity index (χ1v) is 5.98. The first kappa shape index (κ1) is 13.6. The largest absolute Gasteiger partial charge is 0.324 e. The molecule has 0 aromatic heterocycles. The lowest BCUT2D eigenvalue weighted by molar-refractivity contribution is 0.263. The zero-order valence-electron chi connectivity index (χ0n) is 9.93. The number of benzene rings is 1. The van der Waals surface area contributed by atoms with E-state index in [-0.39, 0.29) is 11.4 Å².